The zero-order valence-electron chi connectivity index (χ0n) is 10.3. The summed E-state index contributed by atoms with van der Waals surface area (Å²) in [5, 5.41) is 7.64. The Morgan fingerprint density at radius 1 is 1.29 bits per heavy atom. The zero-order valence-corrected chi connectivity index (χ0v) is 10.3. The molecule has 0 radical (unpaired) electrons. The molecule has 0 amide bonds. The first-order valence-corrected chi connectivity index (χ1v) is 6.22. The van der Waals surface area contributed by atoms with Crippen molar-refractivity contribution in [2.24, 2.45) is 0 Å². The first kappa shape index (κ1) is 11.9. The van der Waals surface area contributed by atoms with Gasteiger partial charge in [-0.05, 0) is 38.1 Å². The highest BCUT2D eigenvalue weighted by atomic mass is 15.3. The molecule has 2 heterocycles. The van der Waals surface area contributed by atoms with Crippen LogP contribution < -0.4 is 5.32 Å². The molecular weight excluding hydrogens is 212 g/mol. The van der Waals surface area contributed by atoms with Gasteiger partial charge in [0, 0.05) is 43.9 Å². The summed E-state index contributed by atoms with van der Waals surface area (Å²) in [6.07, 6.45) is 7.05. The van der Waals surface area contributed by atoms with Crippen LogP contribution in [0.1, 0.15) is 19.0 Å². The molecule has 0 unspecified atom stereocenters. The fourth-order valence-corrected chi connectivity index (χ4v) is 1.93. The van der Waals surface area contributed by atoms with Crippen LogP contribution in [0.2, 0.25) is 0 Å². The predicted octanol–water partition coefficient (Wildman–Crippen LogP) is 1.88. The number of rotatable bonds is 7. The molecule has 0 aliphatic carbocycles. The first-order valence-electron chi connectivity index (χ1n) is 6.22. The minimum atomic E-state index is 0.944. The summed E-state index contributed by atoms with van der Waals surface area (Å²) in [6, 6.07) is 6.23. The lowest BCUT2D eigenvalue weighted by Crippen LogP contribution is -2.18. The normalized spacial score (nSPS) is 10.9. The van der Waals surface area contributed by atoms with Gasteiger partial charge in [-0.15, -0.1) is 0 Å². The molecule has 4 heteroatoms. The van der Waals surface area contributed by atoms with E-state index in [9.17, 15) is 0 Å². The predicted molar refractivity (Wildman–Crippen MR) is 68.7 cm³/mol. The topological polar surface area (TPSA) is 34.8 Å². The average Bonchev–Trinajstić information content (AvgIpc) is 2.98. The Balaban J connectivity index is 1.63. The van der Waals surface area contributed by atoms with Crippen LogP contribution in [0, 0.1) is 0 Å². The summed E-state index contributed by atoms with van der Waals surface area (Å²) >= 11 is 0. The molecule has 0 fully saturated rings. The molecule has 2 rings (SSSR count). The van der Waals surface area contributed by atoms with Crippen LogP contribution in [0.3, 0.4) is 0 Å². The molecule has 92 valence electrons. The summed E-state index contributed by atoms with van der Waals surface area (Å²) in [5.74, 6) is 0. The Morgan fingerprint density at radius 2 is 2.24 bits per heavy atom. The number of hydrogen-bond acceptors (Lipinski definition) is 2. The van der Waals surface area contributed by atoms with Crippen LogP contribution in [-0.2, 0) is 19.6 Å². The third kappa shape index (κ3) is 3.46. The molecule has 0 aliphatic rings. The highest BCUT2D eigenvalue weighted by Gasteiger charge is 1.98. The van der Waals surface area contributed by atoms with Gasteiger partial charge in [-0.25, -0.2) is 0 Å². The third-order valence-electron chi connectivity index (χ3n) is 2.87. The second kappa shape index (κ2) is 6.25. The number of nitrogens with zero attached hydrogens (tertiary/aromatic N) is 3. The molecule has 2 aromatic heterocycles. The lowest BCUT2D eigenvalue weighted by molar-refractivity contribution is 0.535. The van der Waals surface area contributed by atoms with Gasteiger partial charge in [-0.3, -0.25) is 4.68 Å². The Kier molecular flexibility index (Phi) is 4.38. The van der Waals surface area contributed by atoms with Crippen molar-refractivity contribution < 1.29 is 0 Å². The van der Waals surface area contributed by atoms with Crippen LogP contribution in [0.25, 0.3) is 0 Å². The van der Waals surface area contributed by atoms with Crippen molar-refractivity contribution in [3.05, 3.63) is 42.5 Å². The van der Waals surface area contributed by atoms with Crippen molar-refractivity contribution in [2.45, 2.75) is 33.0 Å². The van der Waals surface area contributed by atoms with Gasteiger partial charge in [-0.1, -0.05) is 0 Å². The van der Waals surface area contributed by atoms with Gasteiger partial charge in [0.15, 0.2) is 0 Å². The number of aryl methyl sites for hydroxylation is 2. The van der Waals surface area contributed by atoms with Crippen LogP contribution in [0.4, 0.5) is 0 Å². The van der Waals surface area contributed by atoms with Gasteiger partial charge >= 0.3 is 0 Å². The van der Waals surface area contributed by atoms with Crippen molar-refractivity contribution in [2.75, 3.05) is 6.54 Å². The molecule has 0 saturated heterocycles. The molecule has 1 N–H and O–H groups in total. The van der Waals surface area contributed by atoms with Crippen molar-refractivity contribution in [3.8, 4) is 0 Å². The zero-order chi connectivity index (χ0) is 11.9. The molecule has 2 aromatic rings. The van der Waals surface area contributed by atoms with Crippen molar-refractivity contribution >= 4 is 0 Å². The van der Waals surface area contributed by atoms with E-state index < -0.39 is 0 Å². The maximum absolute atomic E-state index is 4.18. The van der Waals surface area contributed by atoms with Gasteiger partial charge in [0.05, 0.1) is 0 Å². The summed E-state index contributed by atoms with van der Waals surface area (Å²) < 4.78 is 4.23. The van der Waals surface area contributed by atoms with Crippen LogP contribution in [0.5, 0.6) is 0 Å². The third-order valence-corrected chi connectivity index (χ3v) is 2.87. The fourth-order valence-electron chi connectivity index (χ4n) is 1.93. The van der Waals surface area contributed by atoms with E-state index in [0.29, 0.717) is 0 Å². The number of hydrogen-bond donors (Lipinski definition) is 1. The van der Waals surface area contributed by atoms with Gasteiger partial charge in [0.1, 0.15) is 0 Å². The lowest BCUT2D eigenvalue weighted by Gasteiger charge is -2.08. The number of nitrogens with one attached hydrogen (secondary N) is 1. The molecular formula is C13H20N4. The van der Waals surface area contributed by atoms with Gasteiger partial charge in [0.2, 0.25) is 0 Å². The van der Waals surface area contributed by atoms with Gasteiger partial charge in [-0.2, -0.15) is 5.10 Å². The van der Waals surface area contributed by atoms with Crippen molar-refractivity contribution in [3.63, 3.8) is 0 Å². The van der Waals surface area contributed by atoms with E-state index >= 15 is 0 Å². The second-order valence-electron chi connectivity index (χ2n) is 4.09. The second-order valence-corrected chi connectivity index (χ2v) is 4.09. The van der Waals surface area contributed by atoms with E-state index in [-0.39, 0.29) is 0 Å². The Hall–Kier alpha value is -1.55. The standard InChI is InChI=1S/C13H20N4/c1-2-16-9-3-6-13(16)12-14-7-4-10-17-11-5-8-15-17/h3,5-6,8-9,11,14H,2,4,7,10,12H2,1H3. The molecule has 0 aliphatic heterocycles. The SMILES string of the molecule is CCn1cccc1CNCCCn1cccn1. The van der Waals surface area contributed by atoms with Crippen LogP contribution >= 0.6 is 0 Å². The monoisotopic (exact) mass is 232 g/mol. The van der Waals surface area contributed by atoms with Crippen LogP contribution in [0.15, 0.2) is 36.8 Å². The molecule has 17 heavy (non-hydrogen) atoms. The highest BCUT2D eigenvalue weighted by molar-refractivity contribution is 5.06. The molecule has 0 bridgehead atoms. The highest BCUT2D eigenvalue weighted by Crippen LogP contribution is 2.01. The summed E-state index contributed by atoms with van der Waals surface area (Å²) in [7, 11) is 0. The molecule has 0 spiro atoms. The number of aromatic nitrogens is 3. The van der Waals surface area contributed by atoms with Gasteiger partial charge in [0.25, 0.3) is 0 Å². The summed E-state index contributed by atoms with van der Waals surface area (Å²) in [4.78, 5) is 0. The average molecular weight is 232 g/mol. The van der Waals surface area contributed by atoms with Crippen LogP contribution in [-0.4, -0.2) is 20.9 Å². The Labute approximate surface area is 102 Å². The molecule has 4 nitrogen and oxygen atoms in total. The fraction of sp³-hybridized carbons (Fsp3) is 0.462. The summed E-state index contributed by atoms with van der Waals surface area (Å²) in [5.41, 5.74) is 1.35. The minimum absolute atomic E-state index is 0.944. The lowest BCUT2D eigenvalue weighted by atomic mass is 10.3. The minimum Gasteiger partial charge on any atom is -0.351 e. The maximum Gasteiger partial charge on any atom is 0.0489 e. The van der Waals surface area contributed by atoms with E-state index in [1.165, 1.54) is 5.69 Å². The van der Waals surface area contributed by atoms with E-state index in [2.05, 4.69) is 40.2 Å². The van der Waals surface area contributed by atoms with E-state index in [1.807, 2.05) is 23.1 Å². The van der Waals surface area contributed by atoms with E-state index in [4.69, 9.17) is 0 Å². The largest absolute Gasteiger partial charge is 0.351 e. The Morgan fingerprint density at radius 3 is 3.00 bits per heavy atom. The summed E-state index contributed by atoms with van der Waals surface area (Å²) in [6.45, 7) is 6.15. The van der Waals surface area contributed by atoms with E-state index in [1.54, 1.807) is 0 Å². The van der Waals surface area contributed by atoms with Gasteiger partial charge < -0.3 is 9.88 Å². The molecule has 0 atom stereocenters. The molecule has 0 aromatic carbocycles. The van der Waals surface area contributed by atoms with E-state index in [0.717, 1.165) is 32.6 Å². The molecule has 0 saturated carbocycles. The Bertz CT molecular complexity index is 416. The smallest absolute Gasteiger partial charge is 0.0489 e. The maximum atomic E-state index is 4.18. The first-order chi connectivity index (χ1) is 8.40. The van der Waals surface area contributed by atoms with Crippen molar-refractivity contribution in [1.29, 1.82) is 0 Å². The van der Waals surface area contributed by atoms with Crippen molar-refractivity contribution in [1.82, 2.24) is 19.7 Å². The quantitative estimate of drug-likeness (QED) is 0.740.